The second-order valence-corrected chi connectivity index (χ2v) is 5.01. The summed E-state index contributed by atoms with van der Waals surface area (Å²) in [5.74, 6) is 0.917. The summed E-state index contributed by atoms with van der Waals surface area (Å²) < 4.78 is 10.6. The molecule has 0 saturated carbocycles. The third kappa shape index (κ3) is 6.60. The quantitative estimate of drug-likeness (QED) is 0.744. The van der Waals surface area contributed by atoms with Crippen molar-refractivity contribution in [3.8, 4) is 5.75 Å². The Morgan fingerprint density at radius 2 is 1.79 bits per heavy atom. The highest BCUT2D eigenvalue weighted by Crippen LogP contribution is 2.13. The predicted molar refractivity (Wildman–Crippen MR) is 79.9 cm³/mol. The van der Waals surface area contributed by atoms with E-state index in [0.29, 0.717) is 12.1 Å². The van der Waals surface area contributed by atoms with Gasteiger partial charge in [-0.05, 0) is 51.3 Å². The lowest BCUT2D eigenvalue weighted by molar-refractivity contribution is 0.124. The van der Waals surface area contributed by atoms with Crippen LogP contribution in [0.4, 0.5) is 0 Å². The van der Waals surface area contributed by atoms with Gasteiger partial charge in [0.05, 0.1) is 13.7 Å². The van der Waals surface area contributed by atoms with E-state index >= 15 is 0 Å². The normalized spacial score (nSPS) is 14.1. The van der Waals surface area contributed by atoms with Crippen LogP contribution in [0.25, 0.3) is 0 Å². The van der Waals surface area contributed by atoms with E-state index in [4.69, 9.17) is 9.47 Å². The van der Waals surface area contributed by atoms with Crippen LogP contribution >= 0.6 is 0 Å². The summed E-state index contributed by atoms with van der Waals surface area (Å²) in [7, 11) is 1.70. The zero-order chi connectivity index (χ0) is 14.1. The van der Waals surface area contributed by atoms with Gasteiger partial charge in [0.2, 0.25) is 0 Å². The van der Waals surface area contributed by atoms with Gasteiger partial charge in [-0.1, -0.05) is 12.1 Å². The molecule has 0 saturated heterocycles. The molecule has 0 bridgehead atoms. The molecule has 0 aliphatic rings. The lowest BCUT2D eigenvalue weighted by atomic mass is 10.1. The second kappa shape index (κ2) is 8.94. The van der Waals surface area contributed by atoms with Gasteiger partial charge < -0.3 is 14.8 Å². The lowest BCUT2D eigenvalue weighted by Crippen LogP contribution is -2.37. The van der Waals surface area contributed by atoms with Crippen molar-refractivity contribution in [2.45, 2.75) is 45.7 Å². The highest BCUT2D eigenvalue weighted by molar-refractivity contribution is 5.27. The molecule has 1 aromatic carbocycles. The number of rotatable bonds is 9. The van der Waals surface area contributed by atoms with Crippen molar-refractivity contribution in [3.63, 3.8) is 0 Å². The zero-order valence-electron chi connectivity index (χ0n) is 12.6. The fourth-order valence-corrected chi connectivity index (χ4v) is 2.09. The maximum Gasteiger partial charge on any atom is 0.118 e. The molecule has 19 heavy (non-hydrogen) atoms. The van der Waals surface area contributed by atoms with E-state index in [1.807, 2.05) is 19.1 Å². The fourth-order valence-electron chi connectivity index (χ4n) is 2.09. The molecule has 1 aromatic rings. The van der Waals surface area contributed by atoms with E-state index in [1.54, 1.807) is 7.11 Å². The van der Waals surface area contributed by atoms with Crippen molar-refractivity contribution in [2.24, 2.45) is 0 Å². The Kier molecular flexibility index (Phi) is 7.53. The summed E-state index contributed by atoms with van der Waals surface area (Å²) in [4.78, 5) is 0. The van der Waals surface area contributed by atoms with E-state index in [2.05, 4.69) is 31.3 Å². The van der Waals surface area contributed by atoms with Gasteiger partial charge >= 0.3 is 0 Å². The zero-order valence-corrected chi connectivity index (χ0v) is 12.6. The molecule has 1 rings (SSSR count). The molecule has 0 aliphatic carbocycles. The van der Waals surface area contributed by atoms with Gasteiger partial charge in [-0.25, -0.2) is 0 Å². The van der Waals surface area contributed by atoms with E-state index in [1.165, 1.54) is 5.56 Å². The van der Waals surface area contributed by atoms with Crippen LogP contribution in [0.15, 0.2) is 24.3 Å². The average Bonchev–Trinajstić information content (AvgIpc) is 2.43. The molecule has 108 valence electrons. The van der Waals surface area contributed by atoms with Crippen LogP contribution < -0.4 is 10.1 Å². The number of aryl methyl sites for hydroxylation is 1. The van der Waals surface area contributed by atoms with Gasteiger partial charge in [-0.2, -0.15) is 0 Å². The third-order valence-electron chi connectivity index (χ3n) is 3.17. The first kappa shape index (κ1) is 16.0. The summed E-state index contributed by atoms with van der Waals surface area (Å²) in [5, 5.41) is 3.56. The molecular weight excluding hydrogens is 238 g/mol. The number of methoxy groups -OCH3 is 1. The van der Waals surface area contributed by atoms with Gasteiger partial charge in [0.15, 0.2) is 0 Å². The second-order valence-electron chi connectivity index (χ2n) is 5.01. The number of nitrogens with one attached hydrogen (secondary N) is 1. The van der Waals surface area contributed by atoms with Crippen LogP contribution in [0.2, 0.25) is 0 Å². The van der Waals surface area contributed by atoms with Crippen molar-refractivity contribution >= 4 is 0 Å². The molecule has 3 heteroatoms. The van der Waals surface area contributed by atoms with Crippen LogP contribution in [0.5, 0.6) is 5.75 Å². The summed E-state index contributed by atoms with van der Waals surface area (Å²) in [6.45, 7) is 7.99. The Morgan fingerprint density at radius 1 is 1.11 bits per heavy atom. The third-order valence-corrected chi connectivity index (χ3v) is 3.17. The number of hydrogen-bond acceptors (Lipinski definition) is 3. The molecule has 0 heterocycles. The smallest absolute Gasteiger partial charge is 0.118 e. The molecule has 1 N–H and O–H groups in total. The lowest BCUT2D eigenvalue weighted by Gasteiger charge is -2.19. The molecule has 0 fully saturated rings. The average molecular weight is 265 g/mol. The molecule has 0 aromatic heterocycles. The molecule has 0 radical (unpaired) electrons. The molecular formula is C16H27NO2. The first-order valence-electron chi connectivity index (χ1n) is 7.12. The van der Waals surface area contributed by atoms with Gasteiger partial charge in [0.1, 0.15) is 5.75 Å². The first-order valence-corrected chi connectivity index (χ1v) is 7.12. The highest BCUT2D eigenvalue weighted by Gasteiger charge is 2.07. The summed E-state index contributed by atoms with van der Waals surface area (Å²) in [6.07, 6.45) is 2.21. The predicted octanol–water partition coefficient (Wildman–Crippen LogP) is 3.03. The Balaban J connectivity index is 2.26. The van der Waals surface area contributed by atoms with Crippen molar-refractivity contribution in [1.82, 2.24) is 5.32 Å². The molecule has 3 nitrogen and oxygen atoms in total. The van der Waals surface area contributed by atoms with Gasteiger partial charge in [-0.15, -0.1) is 0 Å². The van der Waals surface area contributed by atoms with Crippen LogP contribution in [-0.2, 0) is 11.2 Å². The monoisotopic (exact) mass is 265 g/mol. The largest absolute Gasteiger partial charge is 0.497 e. The number of hydrogen-bond donors (Lipinski definition) is 1. The maximum absolute atomic E-state index is 5.41. The minimum Gasteiger partial charge on any atom is -0.497 e. The molecule has 2 atom stereocenters. The van der Waals surface area contributed by atoms with Crippen molar-refractivity contribution in [2.75, 3.05) is 20.3 Å². The van der Waals surface area contributed by atoms with Gasteiger partial charge in [0, 0.05) is 18.7 Å². The van der Waals surface area contributed by atoms with E-state index in [0.717, 1.165) is 31.8 Å². The van der Waals surface area contributed by atoms with Gasteiger partial charge in [0.25, 0.3) is 0 Å². The molecule has 0 aliphatic heterocycles. The minimum absolute atomic E-state index is 0.408. The van der Waals surface area contributed by atoms with Crippen molar-refractivity contribution < 1.29 is 9.47 Å². The van der Waals surface area contributed by atoms with Crippen LogP contribution in [0.1, 0.15) is 32.8 Å². The Hall–Kier alpha value is -1.06. The van der Waals surface area contributed by atoms with Crippen LogP contribution in [0, 0.1) is 0 Å². The summed E-state index contributed by atoms with van der Waals surface area (Å²) >= 11 is 0. The Labute approximate surface area is 117 Å². The SMILES string of the molecule is CCOCC(C)NC(C)CCc1ccc(OC)cc1. The number of ether oxygens (including phenoxy) is 2. The van der Waals surface area contributed by atoms with Gasteiger partial charge in [-0.3, -0.25) is 0 Å². The minimum atomic E-state index is 0.408. The van der Waals surface area contributed by atoms with E-state index in [-0.39, 0.29) is 0 Å². The summed E-state index contributed by atoms with van der Waals surface area (Å²) in [5.41, 5.74) is 1.35. The number of benzene rings is 1. The van der Waals surface area contributed by atoms with Crippen LogP contribution in [0.3, 0.4) is 0 Å². The van der Waals surface area contributed by atoms with E-state index < -0.39 is 0 Å². The summed E-state index contributed by atoms with van der Waals surface area (Å²) in [6, 6.07) is 9.21. The molecule has 0 spiro atoms. The van der Waals surface area contributed by atoms with Crippen LogP contribution in [-0.4, -0.2) is 32.4 Å². The fraction of sp³-hybridized carbons (Fsp3) is 0.625. The molecule has 0 amide bonds. The Bertz CT molecular complexity index is 337. The van der Waals surface area contributed by atoms with Crippen molar-refractivity contribution in [1.29, 1.82) is 0 Å². The topological polar surface area (TPSA) is 30.5 Å². The highest BCUT2D eigenvalue weighted by atomic mass is 16.5. The first-order chi connectivity index (χ1) is 9.15. The van der Waals surface area contributed by atoms with E-state index in [9.17, 15) is 0 Å². The standard InChI is InChI=1S/C16H27NO2/c1-5-19-12-14(3)17-13(2)6-7-15-8-10-16(18-4)11-9-15/h8-11,13-14,17H,5-7,12H2,1-4H3. The molecule has 2 unspecified atom stereocenters. The van der Waals surface area contributed by atoms with Crippen molar-refractivity contribution in [3.05, 3.63) is 29.8 Å². The maximum atomic E-state index is 5.41. The Morgan fingerprint density at radius 3 is 2.37 bits per heavy atom.